The maximum atomic E-state index is 12.5. The first kappa shape index (κ1) is 14.1. The number of hydrogen-bond acceptors (Lipinski definition) is 3. The van der Waals surface area contributed by atoms with Crippen molar-refractivity contribution >= 4 is 38.8 Å². The fourth-order valence-corrected chi connectivity index (χ4v) is 3.07. The van der Waals surface area contributed by atoms with Gasteiger partial charge in [-0.3, -0.25) is 9.59 Å². The number of hydrogen-bond donors (Lipinski definition) is 1. The zero-order valence-electron chi connectivity index (χ0n) is 11.4. The van der Waals surface area contributed by atoms with Crippen molar-refractivity contribution in [2.24, 2.45) is 0 Å². The molecule has 21 heavy (non-hydrogen) atoms. The van der Waals surface area contributed by atoms with Gasteiger partial charge in [0.25, 0.3) is 5.91 Å². The highest BCUT2D eigenvalue weighted by Crippen LogP contribution is 2.32. The van der Waals surface area contributed by atoms with Gasteiger partial charge in [0.05, 0.1) is 4.47 Å². The third kappa shape index (κ3) is 2.81. The van der Waals surface area contributed by atoms with E-state index in [9.17, 15) is 9.59 Å². The lowest BCUT2D eigenvalue weighted by molar-refractivity contribution is -0.137. The van der Waals surface area contributed by atoms with Crippen molar-refractivity contribution in [3.63, 3.8) is 0 Å². The number of fused-ring (bicyclic) bond motifs is 1. The Balaban J connectivity index is 1.96. The fourth-order valence-electron chi connectivity index (χ4n) is 2.40. The zero-order valence-corrected chi connectivity index (χ0v) is 13.0. The number of aryl methyl sites for hydroxylation is 1. The molecule has 1 aromatic heterocycles. The van der Waals surface area contributed by atoms with Crippen LogP contribution in [-0.2, 0) is 4.79 Å². The van der Waals surface area contributed by atoms with Crippen LogP contribution in [-0.4, -0.2) is 34.5 Å². The average Bonchev–Trinajstić information content (AvgIpc) is 3.14. The summed E-state index contributed by atoms with van der Waals surface area (Å²) < 4.78 is 6.41. The van der Waals surface area contributed by atoms with Crippen molar-refractivity contribution in [1.29, 1.82) is 0 Å². The monoisotopic (exact) mass is 351 g/mol. The number of furan rings is 1. The highest BCUT2D eigenvalue weighted by atomic mass is 79.9. The number of carboxylic acid groups (broad SMARTS) is 1. The summed E-state index contributed by atoms with van der Waals surface area (Å²) in [5, 5.41) is 9.77. The first-order chi connectivity index (χ1) is 9.95. The Hall–Kier alpha value is -1.82. The van der Waals surface area contributed by atoms with Crippen LogP contribution in [0.1, 0.15) is 29.0 Å². The molecule has 0 aliphatic heterocycles. The van der Waals surface area contributed by atoms with Gasteiger partial charge in [0.1, 0.15) is 12.1 Å². The Morgan fingerprint density at radius 1 is 1.38 bits per heavy atom. The number of nitrogens with zero attached hydrogens (tertiary/aromatic N) is 1. The number of carbonyl (C=O) groups excluding carboxylic acids is 1. The minimum absolute atomic E-state index is 0.0204. The van der Waals surface area contributed by atoms with Gasteiger partial charge in [-0.15, -0.1) is 0 Å². The summed E-state index contributed by atoms with van der Waals surface area (Å²) in [6, 6.07) is 5.54. The van der Waals surface area contributed by atoms with Crippen molar-refractivity contribution in [2.45, 2.75) is 25.8 Å². The Labute approximate surface area is 129 Å². The van der Waals surface area contributed by atoms with E-state index in [-0.39, 0.29) is 24.3 Å². The van der Waals surface area contributed by atoms with E-state index >= 15 is 0 Å². The predicted molar refractivity (Wildman–Crippen MR) is 80.3 cm³/mol. The van der Waals surface area contributed by atoms with Gasteiger partial charge in [-0.1, -0.05) is 0 Å². The van der Waals surface area contributed by atoms with Gasteiger partial charge in [0.15, 0.2) is 5.76 Å². The Morgan fingerprint density at radius 2 is 2.10 bits per heavy atom. The van der Waals surface area contributed by atoms with Gasteiger partial charge >= 0.3 is 5.97 Å². The van der Waals surface area contributed by atoms with Gasteiger partial charge in [-0.2, -0.15) is 0 Å². The highest BCUT2D eigenvalue weighted by molar-refractivity contribution is 9.10. The SMILES string of the molecule is Cc1cc(Br)c2oc(C(=O)N(CC(=O)O)C3CC3)cc2c1. The first-order valence-electron chi connectivity index (χ1n) is 6.68. The second-order valence-corrected chi connectivity index (χ2v) is 6.19. The van der Waals surface area contributed by atoms with Crippen molar-refractivity contribution < 1.29 is 19.1 Å². The van der Waals surface area contributed by atoms with Crippen LogP contribution < -0.4 is 0 Å². The van der Waals surface area contributed by atoms with Crippen LogP contribution in [0.15, 0.2) is 27.1 Å². The normalized spacial score (nSPS) is 14.4. The zero-order chi connectivity index (χ0) is 15.1. The summed E-state index contributed by atoms with van der Waals surface area (Å²) in [5.74, 6) is -1.19. The molecule has 1 saturated carbocycles. The molecule has 0 bridgehead atoms. The molecule has 0 unspecified atom stereocenters. The number of rotatable bonds is 4. The lowest BCUT2D eigenvalue weighted by atomic mass is 10.2. The van der Waals surface area contributed by atoms with Crippen LogP contribution in [0.4, 0.5) is 0 Å². The van der Waals surface area contributed by atoms with Crippen LogP contribution in [0.5, 0.6) is 0 Å². The summed E-state index contributed by atoms with van der Waals surface area (Å²) in [4.78, 5) is 24.8. The van der Waals surface area contributed by atoms with E-state index in [1.54, 1.807) is 6.07 Å². The largest absolute Gasteiger partial charge is 0.480 e. The molecule has 0 spiro atoms. The van der Waals surface area contributed by atoms with Gasteiger partial charge in [0.2, 0.25) is 0 Å². The lowest BCUT2D eigenvalue weighted by Crippen LogP contribution is -2.37. The third-order valence-corrected chi connectivity index (χ3v) is 4.07. The van der Waals surface area contributed by atoms with E-state index in [0.29, 0.717) is 5.58 Å². The van der Waals surface area contributed by atoms with Crippen molar-refractivity contribution in [1.82, 2.24) is 4.90 Å². The summed E-state index contributed by atoms with van der Waals surface area (Å²) in [7, 11) is 0. The molecule has 0 atom stereocenters. The number of carbonyl (C=O) groups is 2. The second kappa shape index (κ2) is 5.18. The molecule has 110 valence electrons. The molecular formula is C15H14BrNO4. The topological polar surface area (TPSA) is 70.8 Å². The van der Waals surface area contributed by atoms with Crippen LogP contribution >= 0.6 is 15.9 Å². The summed E-state index contributed by atoms with van der Waals surface area (Å²) in [5.41, 5.74) is 1.66. The van der Waals surface area contributed by atoms with Crippen LogP contribution in [0.3, 0.4) is 0 Å². The maximum Gasteiger partial charge on any atom is 0.323 e. The Bertz CT molecular complexity index is 733. The minimum atomic E-state index is -1.01. The molecule has 1 fully saturated rings. The first-order valence-corrected chi connectivity index (χ1v) is 7.47. The minimum Gasteiger partial charge on any atom is -0.480 e. The van der Waals surface area contributed by atoms with E-state index in [1.807, 2.05) is 19.1 Å². The molecule has 1 aliphatic carbocycles. The smallest absolute Gasteiger partial charge is 0.323 e. The van der Waals surface area contributed by atoms with E-state index in [1.165, 1.54) is 4.90 Å². The Morgan fingerprint density at radius 3 is 2.71 bits per heavy atom. The maximum absolute atomic E-state index is 12.5. The fraction of sp³-hybridized carbons (Fsp3) is 0.333. The van der Waals surface area contributed by atoms with Crippen LogP contribution in [0.25, 0.3) is 11.0 Å². The van der Waals surface area contributed by atoms with E-state index < -0.39 is 5.97 Å². The van der Waals surface area contributed by atoms with Gasteiger partial charge in [0, 0.05) is 11.4 Å². The van der Waals surface area contributed by atoms with Crippen LogP contribution in [0.2, 0.25) is 0 Å². The molecule has 5 nitrogen and oxygen atoms in total. The number of carboxylic acids is 1. The molecule has 1 amide bonds. The van der Waals surface area contributed by atoms with Crippen LogP contribution in [0, 0.1) is 6.92 Å². The summed E-state index contributed by atoms with van der Waals surface area (Å²) in [6.45, 7) is 1.67. The Kier molecular flexibility index (Phi) is 3.49. The molecule has 1 aliphatic rings. The van der Waals surface area contributed by atoms with Crippen molar-refractivity contribution in [2.75, 3.05) is 6.54 Å². The molecular weight excluding hydrogens is 338 g/mol. The standard InChI is InChI=1S/C15H14BrNO4/c1-8-4-9-6-12(21-14(9)11(16)5-8)15(20)17(7-13(18)19)10-2-3-10/h4-6,10H,2-3,7H2,1H3,(H,18,19). The highest BCUT2D eigenvalue weighted by Gasteiger charge is 2.35. The number of halogens is 1. The van der Waals surface area contributed by atoms with Gasteiger partial charge in [-0.25, -0.2) is 0 Å². The van der Waals surface area contributed by atoms with E-state index in [2.05, 4.69) is 15.9 Å². The van der Waals surface area contributed by atoms with Crippen molar-refractivity contribution in [3.8, 4) is 0 Å². The third-order valence-electron chi connectivity index (χ3n) is 3.48. The molecule has 0 saturated heterocycles. The second-order valence-electron chi connectivity index (χ2n) is 5.33. The summed E-state index contributed by atoms with van der Waals surface area (Å²) >= 11 is 3.42. The molecule has 1 heterocycles. The quantitative estimate of drug-likeness (QED) is 0.917. The summed E-state index contributed by atoms with van der Waals surface area (Å²) in [6.07, 6.45) is 1.70. The molecule has 1 aromatic carbocycles. The number of benzene rings is 1. The predicted octanol–water partition coefficient (Wildman–Crippen LogP) is 3.19. The molecule has 1 N–H and O–H groups in total. The molecule has 2 aromatic rings. The number of amides is 1. The molecule has 3 rings (SSSR count). The van der Waals surface area contributed by atoms with Crippen molar-refractivity contribution in [3.05, 3.63) is 34.0 Å². The molecule has 6 heteroatoms. The molecule has 0 radical (unpaired) electrons. The van der Waals surface area contributed by atoms with Gasteiger partial charge < -0.3 is 14.4 Å². The lowest BCUT2D eigenvalue weighted by Gasteiger charge is -2.18. The number of aliphatic carboxylic acids is 1. The van der Waals surface area contributed by atoms with Gasteiger partial charge in [-0.05, 0) is 59.5 Å². The van der Waals surface area contributed by atoms with E-state index in [4.69, 9.17) is 9.52 Å². The van der Waals surface area contributed by atoms with E-state index in [0.717, 1.165) is 28.3 Å². The average molecular weight is 352 g/mol.